The number of carbonyl (C=O) groups is 2. The number of ether oxygens (including phenoxy) is 2. The number of hydrogen-bond donors (Lipinski definition) is 0. The van der Waals surface area contributed by atoms with Gasteiger partial charge in [0.15, 0.2) is 0 Å². The van der Waals surface area contributed by atoms with Gasteiger partial charge in [0.1, 0.15) is 13.2 Å². The second kappa shape index (κ2) is 8.93. The maximum Gasteiger partial charge on any atom is 0.339 e. The molecule has 0 saturated carbocycles. The molecule has 0 aliphatic heterocycles. The van der Waals surface area contributed by atoms with Gasteiger partial charge in [0, 0.05) is 0 Å². The van der Waals surface area contributed by atoms with Crippen molar-refractivity contribution in [2.75, 3.05) is 13.2 Å². The first-order chi connectivity index (χ1) is 7.45. The molecule has 0 unspecified atom stereocenters. The molecule has 4 nitrogen and oxygen atoms in total. The Morgan fingerprint density at radius 1 is 0.875 bits per heavy atom. The zero-order valence-corrected chi connectivity index (χ0v) is 10.9. The molecular weight excluding hydrogens is 302 g/mol. The highest BCUT2D eigenvalue weighted by atomic mass is 35.5. The van der Waals surface area contributed by atoms with Crippen molar-refractivity contribution in [3.63, 3.8) is 0 Å². The Kier molecular flexibility index (Phi) is 8.84. The zero-order chi connectivity index (χ0) is 12.6. The molecule has 0 radical (unpaired) electrons. The van der Waals surface area contributed by atoms with Crippen molar-refractivity contribution in [1.82, 2.24) is 0 Å². The van der Waals surface area contributed by atoms with Gasteiger partial charge < -0.3 is 9.47 Å². The van der Waals surface area contributed by atoms with Crippen LogP contribution in [0.5, 0.6) is 0 Å². The van der Waals surface area contributed by atoms with E-state index in [-0.39, 0.29) is 13.2 Å². The van der Waals surface area contributed by atoms with E-state index >= 15 is 0 Å². The Bertz CT molecular complexity index is 239. The van der Waals surface area contributed by atoms with Crippen LogP contribution in [0.2, 0.25) is 0 Å². The van der Waals surface area contributed by atoms with Crippen LogP contribution in [0.3, 0.4) is 0 Å². The Morgan fingerprint density at radius 3 is 1.44 bits per heavy atom. The summed E-state index contributed by atoms with van der Waals surface area (Å²) in [4.78, 5) is 19.0. The maximum absolute atomic E-state index is 10.7. The molecule has 0 aromatic rings. The summed E-state index contributed by atoms with van der Waals surface area (Å²) in [5, 5.41) is 0. The second-order valence-electron chi connectivity index (χ2n) is 2.33. The number of hydrogen-bond acceptors (Lipinski definition) is 4. The standard InChI is InChI=1S/C8H8Cl4O4/c9-5(10)7(13)15-3-1-2-4-16-8(14)6(11)12/h1-2,5-6H,3-4H2. The SMILES string of the molecule is O=C(OCC=CCOC(=O)C(Cl)Cl)C(Cl)Cl. The third-order valence-corrected chi connectivity index (χ3v) is 1.88. The molecule has 0 atom stereocenters. The minimum atomic E-state index is -1.21. The smallest absolute Gasteiger partial charge is 0.339 e. The van der Waals surface area contributed by atoms with Crippen molar-refractivity contribution in [3.8, 4) is 0 Å². The Balaban J connectivity index is 3.56. The van der Waals surface area contributed by atoms with E-state index < -0.39 is 21.6 Å². The van der Waals surface area contributed by atoms with Crippen molar-refractivity contribution in [2.24, 2.45) is 0 Å². The van der Waals surface area contributed by atoms with Crippen LogP contribution in [0, 0.1) is 0 Å². The van der Waals surface area contributed by atoms with Gasteiger partial charge in [0.05, 0.1) is 0 Å². The molecule has 0 aromatic heterocycles. The molecule has 16 heavy (non-hydrogen) atoms. The molecule has 0 N–H and O–H groups in total. The molecule has 0 bridgehead atoms. The summed E-state index contributed by atoms with van der Waals surface area (Å²) < 4.78 is 9.15. The summed E-state index contributed by atoms with van der Waals surface area (Å²) in [6.45, 7) is -0.0327. The maximum atomic E-state index is 10.7. The first kappa shape index (κ1) is 15.8. The fraction of sp³-hybridized carbons (Fsp3) is 0.500. The molecule has 0 aromatic carbocycles. The first-order valence-corrected chi connectivity index (χ1v) is 5.74. The number of carbonyl (C=O) groups excluding carboxylic acids is 2. The quantitative estimate of drug-likeness (QED) is 0.429. The molecule has 0 amide bonds. The molecule has 0 fully saturated rings. The van der Waals surface area contributed by atoms with Gasteiger partial charge in [-0.1, -0.05) is 46.4 Å². The first-order valence-electron chi connectivity index (χ1n) is 3.99. The van der Waals surface area contributed by atoms with Crippen LogP contribution in [0.15, 0.2) is 12.2 Å². The van der Waals surface area contributed by atoms with Gasteiger partial charge in [0.25, 0.3) is 0 Å². The predicted molar refractivity (Wildman–Crippen MR) is 62.0 cm³/mol. The molecule has 0 spiro atoms. The highest BCUT2D eigenvalue weighted by molar-refractivity contribution is 6.53. The van der Waals surface area contributed by atoms with E-state index in [1.807, 2.05) is 0 Å². The van der Waals surface area contributed by atoms with Crippen LogP contribution in [0.1, 0.15) is 0 Å². The average Bonchev–Trinajstić information content (AvgIpc) is 2.21. The van der Waals surface area contributed by atoms with Crippen molar-refractivity contribution in [3.05, 3.63) is 12.2 Å². The van der Waals surface area contributed by atoms with Gasteiger partial charge in [-0.3, -0.25) is 0 Å². The Hall–Kier alpha value is -0.160. The molecule has 92 valence electrons. The van der Waals surface area contributed by atoms with Crippen molar-refractivity contribution >= 4 is 58.3 Å². The third kappa shape index (κ3) is 8.05. The van der Waals surface area contributed by atoms with E-state index in [2.05, 4.69) is 9.47 Å². The van der Waals surface area contributed by atoms with Gasteiger partial charge in [-0.2, -0.15) is 0 Å². The minimum Gasteiger partial charge on any atom is -0.459 e. The van der Waals surface area contributed by atoms with E-state index in [0.29, 0.717) is 0 Å². The molecule has 0 aliphatic carbocycles. The minimum absolute atomic E-state index is 0.0164. The van der Waals surface area contributed by atoms with Crippen LogP contribution < -0.4 is 0 Å². The van der Waals surface area contributed by atoms with Gasteiger partial charge in [0.2, 0.25) is 9.67 Å². The summed E-state index contributed by atoms with van der Waals surface area (Å²) >= 11 is 20.9. The lowest BCUT2D eigenvalue weighted by atomic mass is 10.5. The summed E-state index contributed by atoms with van der Waals surface area (Å²) in [5.74, 6) is -1.49. The molecule has 0 aliphatic rings. The molecule has 0 rings (SSSR count). The third-order valence-electron chi connectivity index (χ3n) is 1.17. The second-order valence-corrected chi connectivity index (χ2v) is 4.53. The van der Waals surface area contributed by atoms with E-state index in [4.69, 9.17) is 46.4 Å². The van der Waals surface area contributed by atoms with Crippen molar-refractivity contribution < 1.29 is 19.1 Å². The van der Waals surface area contributed by atoms with Crippen LogP contribution >= 0.6 is 46.4 Å². The normalized spacial score (nSPS) is 11.1. The fourth-order valence-corrected chi connectivity index (χ4v) is 0.775. The topological polar surface area (TPSA) is 52.6 Å². The number of alkyl halides is 4. The Labute approximate surface area is 112 Å². The molecule has 0 saturated heterocycles. The number of halogens is 4. The van der Waals surface area contributed by atoms with Gasteiger partial charge in [-0.15, -0.1) is 0 Å². The highest BCUT2D eigenvalue weighted by Gasteiger charge is 2.12. The predicted octanol–water partition coefficient (Wildman–Crippen LogP) is 2.24. The molecule has 0 heterocycles. The summed E-state index contributed by atoms with van der Waals surface area (Å²) in [7, 11) is 0. The van der Waals surface area contributed by atoms with Crippen molar-refractivity contribution in [1.29, 1.82) is 0 Å². The largest absolute Gasteiger partial charge is 0.459 e. The summed E-state index contributed by atoms with van der Waals surface area (Å²) in [6, 6.07) is 0. The zero-order valence-electron chi connectivity index (χ0n) is 7.87. The summed E-state index contributed by atoms with van der Waals surface area (Å²) in [5.41, 5.74) is 0. The number of rotatable bonds is 6. The fourth-order valence-electron chi connectivity index (χ4n) is 0.523. The van der Waals surface area contributed by atoms with Crippen LogP contribution in [-0.4, -0.2) is 34.8 Å². The highest BCUT2D eigenvalue weighted by Crippen LogP contribution is 2.04. The Morgan fingerprint density at radius 2 is 1.19 bits per heavy atom. The lowest BCUT2D eigenvalue weighted by Crippen LogP contribution is -2.13. The van der Waals surface area contributed by atoms with E-state index in [1.165, 1.54) is 12.2 Å². The van der Waals surface area contributed by atoms with Gasteiger partial charge in [-0.05, 0) is 12.2 Å². The van der Waals surface area contributed by atoms with Gasteiger partial charge in [-0.25, -0.2) is 9.59 Å². The van der Waals surface area contributed by atoms with Crippen LogP contribution in [0.4, 0.5) is 0 Å². The van der Waals surface area contributed by atoms with Crippen molar-refractivity contribution in [2.45, 2.75) is 9.67 Å². The van der Waals surface area contributed by atoms with Crippen LogP contribution in [-0.2, 0) is 19.1 Å². The monoisotopic (exact) mass is 308 g/mol. The van der Waals surface area contributed by atoms with Crippen LogP contribution in [0.25, 0.3) is 0 Å². The molecular formula is C8H8Cl4O4. The lowest BCUT2D eigenvalue weighted by Gasteiger charge is -2.02. The van der Waals surface area contributed by atoms with E-state index in [9.17, 15) is 9.59 Å². The van der Waals surface area contributed by atoms with Gasteiger partial charge >= 0.3 is 11.9 Å². The van der Waals surface area contributed by atoms with E-state index in [1.54, 1.807) is 0 Å². The lowest BCUT2D eigenvalue weighted by molar-refractivity contribution is -0.141. The summed E-state index contributed by atoms with van der Waals surface area (Å²) in [6.07, 6.45) is 2.91. The number of esters is 2. The van der Waals surface area contributed by atoms with E-state index in [0.717, 1.165) is 0 Å². The average molecular weight is 310 g/mol. The molecule has 8 heteroatoms.